The average Bonchev–Trinajstić information content (AvgIpc) is 3.12. The van der Waals surface area contributed by atoms with Gasteiger partial charge in [0, 0.05) is 45.4 Å². The van der Waals surface area contributed by atoms with E-state index in [0.29, 0.717) is 31.2 Å². The zero-order chi connectivity index (χ0) is 21.4. The molecule has 1 N–H and O–H groups in total. The second kappa shape index (κ2) is 11.0. The molecule has 1 saturated heterocycles. The lowest BCUT2D eigenvalue weighted by Crippen LogP contribution is -2.43. The molecule has 2 atom stereocenters. The molecule has 0 aromatic heterocycles. The quantitative estimate of drug-likeness (QED) is 0.499. The van der Waals surface area contributed by atoms with E-state index in [2.05, 4.69) is 15.2 Å². The number of ether oxygens (including phenoxy) is 1. The molecular formula is C20H30ClF3N4O. The average molecular weight is 435 g/mol. The van der Waals surface area contributed by atoms with Crippen molar-refractivity contribution in [2.75, 3.05) is 53.4 Å². The van der Waals surface area contributed by atoms with Gasteiger partial charge >= 0.3 is 6.18 Å². The molecule has 2 rings (SSSR count). The van der Waals surface area contributed by atoms with Gasteiger partial charge in [-0.3, -0.25) is 9.89 Å². The number of hydrogen-bond acceptors (Lipinski definition) is 3. The summed E-state index contributed by atoms with van der Waals surface area (Å²) in [5, 5.41) is 3.97. The predicted molar refractivity (Wildman–Crippen MR) is 110 cm³/mol. The number of rotatable bonds is 8. The number of benzene rings is 1. The lowest BCUT2D eigenvalue weighted by atomic mass is 10.1. The Balaban J connectivity index is 1.89. The molecule has 1 fully saturated rings. The second-order valence-corrected chi connectivity index (χ2v) is 7.69. The molecule has 5 nitrogen and oxygen atoms in total. The van der Waals surface area contributed by atoms with Gasteiger partial charge in [0.2, 0.25) is 0 Å². The minimum absolute atomic E-state index is 0.182. The van der Waals surface area contributed by atoms with E-state index in [-0.39, 0.29) is 12.0 Å². The van der Waals surface area contributed by atoms with E-state index in [9.17, 15) is 13.2 Å². The zero-order valence-electron chi connectivity index (χ0n) is 17.2. The summed E-state index contributed by atoms with van der Waals surface area (Å²) >= 11 is 6.07. The van der Waals surface area contributed by atoms with Crippen LogP contribution in [-0.4, -0.2) is 75.4 Å². The van der Waals surface area contributed by atoms with Crippen molar-refractivity contribution in [3.63, 3.8) is 0 Å². The van der Waals surface area contributed by atoms with Crippen molar-refractivity contribution in [2.24, 2.45) is 10.9 Å². The SMILES string of the molecule is CCN(CC1CCN(C(=NC)NCC(OC)c2cccc(Cl)c2)C1)CC(F)(F)F. The highest BCUT2D eigenvalue weighted by Crippen LogP contribution is 2.22. The Morgan fingerprint density at radius 1 is 1.45 bits per heavy atom. The van der Waals surface area contributed by atoms with Gasteiger partial charge in [0.15, 0.2) is 5.96 Å². The maximum atomic E-state index is 12.7. The lowest BCUT2D eigenvalue weighted by Gasteiger charge is -2.26. The van der Waals surface area contributed by atoms with E-state index >= 15 is 0 Å². The van der Waals surface area contributed by atoms with Gasteiger partial charge in [-0.25, -0.2) is 0 Å². The normalized spacial score (nSPS) is 19.1. The number of hydrogen-bond donors (Lipinski definition) is 1. The van der Waals surface area contributed by atoms with Crippen LogP contribution in [0.15, 0.2) is 29.3 Å². The van der Waals surface area contributed by atoms with Gasteiger partial charge in [0.1, 0.15) is 0 Å². The fraction of sp³-hybridized carbons (Fsp3) is 0.650. The minimum Gasteiger partial charge on any atom is -0.375 e. The first-order chi connectivity index (χ1) is 13.8. The molecule has 1 aliphatic heterocycles. The van der Waals surface area contributed by atoms with Crippen molar-refractivity contribution in [3.05, 3.63) is 34.9 Å². The van der Waals surface area contributed by atoms with E-state index < -0.39 is 12.7 Å². The fourth-order valence-corrected chi connectivity index (χ4v) is 3.86. The van der Waals surface area contributed by atoms with Crippen LogP contribution in [0, 0.1) is 5.92 Å². The van der Waals surface area contributed by atoms with Gasteiger partial charge in [-0.05, 0) is 36.6 Å². The Hall–Kier alpha value is -1.51. The van der Waals surface area contributed by atoms with Crippen LogP contribution in [0.25, 0.3) is 0 Å². The molecule has 0 spiro atoms. The molecule has 0 amide bonds. The Bertz CT molecular complexity index is 671. The van der Waals surface area contributed by atoms with Crippen LogP contribution in [0.3, 0.4) is 0 Å². The summed E-state index contributed by atoms with van der Waals surface area (Å²) in [6, 6.07) is 7.51. The van der Waals surface area contributed by atoms with E-state index in [1.165, 1.54) is 4.90 Å². The van der Waals surface area contributed by atoms with Crippen LogP contribution in [0.5, 0.6) is 0 Å². The molecule has 1 heterocycles. The number of aliphatic imine (C=N–C) groups is 1. The molecule has 1 aromatic rings. The Labute approximate surface area is 175 Å². The number of nitrogens with one attached hydrogen (secondary N) is 1. The fourth-order valence-electron chi connectivity index (χ4n) is 3.66. The van der Waals surface area contributed by atoms with Gasteiger partial charge in [-0.1, -0.05) is 30.7 Å². The monoisotopic (exact) mass is 434 g/mol. The first-order valence-corrected chi connectivity index (χ1v) is 10.2. The summed E-state index contributed by atoms with van der Waals surface area (Å²) in [6.07, 6.45) is -3.51. The summed E-state index contributed by atoms with van der Waals surface area (Å²) < 4.78 is 43.7. The van der Waals surface area contributed by atoms with Crippen molar-refractivity contribution >= 4 is 17.6 Å². The van der Waals surface area contributed by atoms with Gasteiger partial charge in [0.25, 0.3) is 0 Å². The van der Waals surface area contributed by atoms with E-state index in [1.54, 1.807) is 21.1 Å². The van der Waals surface area contributed by atoms with Crippen molar-refractivity contribution in [2.45, 2.75) is 25.6 Å². The van der Waals surface area contributed by atoms with Crippen molar-refractivity contribution < 1.29 is 17.9 Å². The number of halogens is 4. The summed E-state index contributed by atoms with van der Waals surface area (Å²) in [5.41, 5.74) is 0.966. The van der Waals surface area contributed by atoms with Crippen LogP contribution in [0.2, 0.25) is 5.02 Å². The first-order valence-electron chi connectivity index (χ1n) is 9.78. The van der Waals surface area contributed by atoms with Gasteiger partial charge < -0.3 is 15.0 Å². The Kier molecular flexibility index (Phi) is 9.04. The molecule has 0 bridgehead atoms. The van der Waals surface area contributed by atoms with Crippen molar-refractivity contribution in [1.82, 2.24) is 15.1 Å². The molecule has 29 heavy (non-hydrogen) atoms. The third-order valence-corrected chi connectivity index (χ3v) is 5.35. The standard InChI is InChI=1S/C20H30ClF3N4O/c1-4-27(14-20(22,23)24)12-15-8-9-28(13-15)19(25-2)26-11-18(29-3)16-6-5-7-17(21)10-16/h5-7,10,15,18H,4,8-9,11-14H2,1-3H3,(H,25,26). The van der Waals surface area contributed by atoms with E-state index in [0.717, 1.165) is 24.5 Å². The van der Waals surface area contributed by atoms with Crippen molar-refractivity contribution in [1.29, 1.82) is 0 Å². The maximum Gasteiger partial charge on any atom is 0.401 e. The number of alkyl halides is 3. The van der Waals surface area contributed by atoms with E-state index in [4.69, 9.17) is 16.3 Å². The Morgan fingerprint density at radius 3 is 2.79 bits per heavy atom. The van der Waals surface area contributed by atoms with Crippen LogP contribution < -0.4 is 5.32 Å². The molecule has 2 unspecified atom stereocenters. The highest BCUT2D eigenvalue weighted by atomic mass is 35.5. The molecule has 9 heteroatoms. The topological polar surface area (TPSA) is 40.1 Å². The number of methoxy groups -OCH3 is 1. The first kappa shape index (κ1) is 23.8. The second-order valence-electron chi connectivity index (χ2n) is 7.25. The number of nitrogens with zero attached hydrogens (tertiary/aromatic N) is 3. The third kappa shape index (κ3) is 7.68. The summed E-state index contributed by atoms with van der Waals surface area (Å²) in [4.78, 5) is 7.89. The molecule has 1 aliphatic rings. The third-order valence-electron chi connectivity index (χ3n) is 5.11. The molecule has 0 saturated carbocycles. The van der Waals surface area contributed by atoms with Crippen LogP contribution >= 0.6 is 11.6 Å². The smallest absolute Gasteiger partial charge is 0.375 e. The summed E-state index contributed by atoms with van der Waals surface area (Å²) in [6.45, 7) is 3.69. The van der Waals surface area contributed by atoms with E-state index in [1.807, 2.05) is 24.3 Å². The van der Waals surface area contributed by atoms with Gasteiger partial charge in [-0.15, -0.1) is 0 Å². The molecule has 164 valence electrons. The van der Waals surface area contributed by atoms with Gasteiger partial charge in [0.05, 0.1) is 12.6 Å². The molecule has 0 radical (unpaired) electrons. The van der Waals surface area contributed by atoms with Crippen LogP contribution in [0.1, 0.15) is 25.0 Å². The zero-order valence-corrected chi connectivity index (χ0v) is 17.9. The number of guanidine groups is 1. The molecule has 1 aromatic carbocycles. The number of likely N-dealkylation sites (tertiary alicyclic amines) is 1. The summed E-state index contributed by atoms with van der Waals surface area (Å²) in [5.74, 6) is 0.914. The predicted octanol–water partition coefficient (Wildman–Crippen LogP) is 3.81. The molecule has 0 aliphatic carbocycles. The highest BCUT2D eigenvalue weighted by Gasteiger charge is 2.33. The highest BCUT2D eigenvalue weighted by molar-refractivity contribution is 6.30. The van der Waals surface area contributed by atoms with Crippen molar-refractivity contribution in [3.8, 4) is 0 Å². The Morgan fingerprint density at radius 2 is 2.21 bits per heavy atom. The molecular weight excluding hydrogens is 405 g/mol. The van der Waals surface area contributed by atoms with Gasteiger partial charge in [-0.2, -0.15) is 13.2 Å². The largest absolute Gasteiger partial charge is 0.401 e. The minimum atomic E-state index is -4.17. The lowest BCUT2D eigenvalue weighted by molar-refractivity contribution is -0.146. The summed E-state index contributed by atoms with van der Waals surface area (Å²) in [7, 11) is 3.35. The maximum absolute atomic E-state index is 12.7. The van der Waals surface area contributed by atoms with Crippen LogP contribution in [0.4, 0.5) is 13.2 Å². The van der Waals surface area contributed by atoms with Crippen LogP contribution in [-0.2, 0) is 4.74 Å².